The molecule has 0 unspecified atom stereocenters. The van der Waals surface area contributed by atoms with Crippen molar-refractivity contribution in [3.63, 3.8) is 0 Å². The SMILES string of the molecule is C[C@@H](NC(=O)c1ccc(S(=O)(=O)NC[C@@H]2CCCO2)cc1)c1ccc(Br)cc1. The fraction of sp³-hybridized carbons (Fsp3) is 0.350. The minimum atomic E-state index is -3.63. The third kappa shape index (κ3) is 5.41. The predicted molar refractivity (Wildman–Crippen MR) is 111 cm³/mol. The van der Waals surface area contributed by atoms with Crippen LogP contribution in [0.2, 0.25) is 0 Å². The van der Waals surface area contributed by atoms with Crippen LogP contribution < -0.4 is 10.0 Å². The number of sulfonamides is 1. The van der Waals surface area contributed by atoms with Gasteiger partial charge in [0.05, 0.1) is 17.0 Å². The molecule has 150 valence electrons. The summed E-state index contributed by atoms with van der Waals surface area (Å²) < 4.78 is 33.7. The molecule has 2 aromatic rings. The molecule has 1 aliphatic rings. The van der Waals surface area contributed by atoms with E-state index in [0.29, 0.717) is 12.2 Å². The van der Waals surface area contributed by atoms with Gasteiger partial charge in [-0.2, -0.15) is 0 Å². The molecule has 2 aromatic carbocycles. The minimum Gasteiger partial charge on any atom is -0.377 e. The maximum Gasteiger partial charge on any atom is 0.251 e. The topological polar surface area (TPSA) is 84.5 Å². The largest absolute Gasteiger partial charge is 0.377 e. The van der Waals surface area contributed by atoms with Crippen LogP contribution in [0.4, 0.5) is 0 Å². The van der Waals surface area contributed by atoms with Crippen molar-refractivity contribution in [1.82, 2.24) is 10.0 Å². The van der Waals surface area contributed by atoms with Crippen LogP contribution in [0.1, 0.15) is 41.7 Å². The maximum atomic E-state index is 12.5. The Labute approximate surface area is 173 Å². The lowest BCUT2D eigenvalue weighted by molar-refractivity contribution is 0.0939. The lowest BCUT2D eigenvalue weighted by Crippen LogP contribution is -2.32. The van der Waals surface area contributed by atoms with E-state index in [-0.39, 0.29) is 29.5 Å². The van der Waals surface area contributed by atoms with E-state index in [2.05, 4.69) is 26.0 Å². The van der Waals surface area contributed by atoms with Gasteiger partial charge < -0.3 is 10.1 Å². The Balaban J connectivity index is 1.60. The number of amides is 1. The molecule has 0 aromatic heterocycles. The molecule has 6 nitrogen and oxygen atoms in total. The minimum absolute atomic E-state index is 0.0695. The Morgan fingerprint density at radius 2 is 1.86 bits per heavy atom. The summed E-state index contributed by atoms with van der Waals surface area (Å²) in [5, 5.41) is 2.92. The fourth-order valence-corrected chi connectivity index (χ4v) is 4.32. The number of ether oxygens (including phenoxy) is 1. The van der Waals surface area contributed by atoms with E-state index in [9.17, 15) is 13.2 Å². The second kappa shape index (κ2) is 9.17. The Kier molecular flexibility index (Phi) is 6.87. The first-order valence-corrected chi connectivity index (χ1v) is 11.4. The Morgan fingerprint density at radius 1 is 1.18 bits per heavy atom. The van der Waals surface area contributed by atoms with E-state index in [1.807, 2.05) is 31.2 Å². The zero-order chi connectivity index (χ0) is 20.1. The highest BCUT2D eigenvalue weighted by molar-refractivity contribution is 9.10. The van der Waals surface area contributed by atoms with Gasteiger partial charge in [-0.25, -0.2) is 13.1 Å². The Bertz CT molecular complexity index is 908. The molecule has 0 saturated carbocycles. The molecule has 1 aliphatic heterocycles. The fourth-order valence-electron chi connectivity index (χ4n) is 2.99. The number of carbonyl (C=O) groups is 1. The maximum absolute atomic E-state index is 12.5. The third-order valence-electron chi connectivity index (χ3n) is 4.67. The van der Waals surface area contributed by atoms with E-state index < -0.39 is 10.0 Å². The van der Waals surface area contributed by atoms with Gasteiger partial charge in [0.25, 0.3) is 5.91 Å². The zero-order valence-corrected chi connectivity index (χ0v) is 17.9. The molecule has 0 spiro atoms. The van der Waals surface area contributed by atoms with Gasteiger partial charge in [-0.3, -0.25) is 4.79 Å². The van der Waals surface area contributed by atoms with Crippen LogP contribution in [0.5, 0.6) is 0 Å². The van der Waals surface area contributed by atoms with E-state index in [0.717, 1.165) is 22.9 Å². The third-order valence-corrected chi connectivity index (χ3v) is 6.64. The van der Waals surface area contributed by atoms with E-state index in [1.165, 1.54) is 24.3 Å². The first kappa shape index (κ1) is 21.0. The van der Waals surface area contributed by atoms with Crippen LogP contribution in [0.15, 0.2) is 57.9 Å². The first-order chi connectivity index (χ1) is 13.3. The number of benzene rings is 2. The Morgan fingerprint density at radius 3 is 2.46 bits per heavy atom. The summed E-state index contributed by atoms with van der Waals surface area (Å²) in [5.74, 6) is -0.258. The summed E-state index contributed by atoms with van der Waals surface area (Å²) in [7, 11) is -3.63. The quantitative estimate of drug-likeness (QED) is 0.654. The summed E-state index contributed by atoms with van der Waals surface area (Å²) >= 11 is 3.39. The van der Waals surface area contributed by atoms with E-state index in [4.69, 9.17) is 4.74 Å². The molecular weight excluding hydrogens is 444 g/mol. The van der Waals surface area contributed by atoms with Crippen LogP contribution in [0, 0.1) is 0 Å². The van der Waals surface area contributed by atoms with E-state index >= 15 is 0 Å². The van der Waals surface area contributed by atoms with Gasteiger partial charge in [0.2, 0.25) is 10.0 Å². The lowest BCUT2D eigenvalue weighted by Gasteiger charge is -2.15. The first-order valence-electron chi connectivity index (χ1n) is 9.13. The predicted octanol–water partition coefficient (Wildman–Crippen LogP) is 3.40. The summed E-state index contributed by atoms with van der Waals surface area (Å²) in [6, 6.07) is 13.5. The van der Waals surface area contributed by atoms with Crippen molar-refractivity contribution >= 4 is 31.9 Å². The second-order valence-electron chi connectivity index (χ2n) is 6.76. The van der Waals surface area contributed by atoms with Crippen molar-refractivity contribution in [2.24, 2.45) is 0 Å². The average Bonchev–Trinajstić information content (AvgIpc) is 3.21. The Hall–Kier alpha value is -1.74. The standard InChI is InChI=1S/C20H23BrN2O4S/c1-14(15-4-8-17(21)9-5-15)23-20(24)16-6-10-19(11-7-16)28(25,26)22-13-18-3-2-12-27-18/h4-11,14,18,22H,2-3,12-13H2,1H3,(H,23,24)/t14-,18+/m1/s1. The number of carbonyl (C=O) groups excluding carboxylic acids is 1. The monoisotopic (exact) mass is 466 g/mol. The smallest absolute Gasteiger partial charge is 0.251 e. The van der Waals surface area contributed by atoms with Gasteiger partial charge in [-0.15, -0.1) is 0 Å². The highest BCUT2D eigenvalue weighted by Crippen LogP contribution is 2.18. The van der Waals surface area contributed by atoms with Crippen LogP contribution in [-0.2, 0) is 14.8 Å². The van der Waals surface area contributed by atoms with Crippen LogP contribution in [0.3, 0.4) is 0 Å². The van der Waals surface area contributed by atoms with Crippen LogP contribution in [-0.4, -0.2) is 33.6 Å². The van der Waals surface area contributed by atoms with Crippen LogP contribution in [0.25, 0.3) is 0 Å². The molecule has 1 heterocycles. The molecule has 1 fully saturated rings. The van der Waals surface area contributed by atoms with Gasteiger partial charge in [0.1, 0.15) is 0 Å². The summed E-state index contributed by atoms with van der Waals surface area (Å²) in [6.45, 7) is 2.83. The molecule has 3 rings (SSSR count). The molecule has 28 heavy (non-hydrogen) atoms. The van der Waals surface area contributed by atoms with Crippen molar-refractivity contribution in [1.29, 1.82) is 0 Å². The van der Waals surface area contributed by atoms with Gasteiger partial charge in [0, 0.05) is 23.2 Å². The number of halogens is 1. The van der Waals surface area contributed by atoms with Crippen molar-refractivity contribution in [3.8, 4) is 0 Å². The summed E-state index contributed by atoms with van der Waals surface area (Å²) in [5.41, 5.74) is 1.39. The van der Waals surface area contributed by atoms with Crippen molar-refractivity contribution in [2.45, 2.75) is 36.8 Å². The number of nitrogens with one attached hydrogen (secondary N) is 2. The highest BCUT2D eigenvalue weighted by atomic mass is 79.9. The molecule has 2 N–H and O–H groups in total. The molecule has 1 saturated heterocycles. The summed E-state index contributed by atoms with van der Waals surface area (Å²) in [6.07, 6.45) is 1.74. The normalized spacial score (nSPS) is 18.0. The van der Waals surface area contributed by atoms with E-state index in [1.54, 1.807) is 0 Å². The van der Waals surface area contributed by atoms with Crippen molar-refractivity contribution < 1.29 is 17.9 Å². The average molecular weight is 467 g/mol. The lowest BCUT2D eigenvalue weighted by atomic mass is 10.1. The van der Waals surface area contributed by atoms with Crippen LogP contribution >= 0.6 is 15.9 Å². The zero-order valence-electron chi connectivity index (χ0n) is 15.5. The highest BCUT2D eigenvalue weighted by Gasteiger charge is 2.20. The molecule has 0 radical (unpaired) electrons. The second-order valence-corrected chi connectivity index (χ2v) is 9.44. The molecular formula is C20H23BrN2O4S. The molecule has 0 aliphatic carbocycles. The van der Waals surface area contributed by atoms with Gasteiger partial charge in [-0.05, 0) is 61.7 Å². The number of hydrogen-bond donors (Lipinski definition) is 2. The number of hydrogen-bond acceptors (Lipinski definition) is 4. The molecule has 8 heteroatoms. The number of rotatable bonds is 7. The molecule has 0 bridgehead atoms. The van der Waals surface area contributed by atoms with Crippen molar-refractivity contribution in [2.75, 3.05) is 13.2 Å². The summed E-state index contributed by atoms with van der Waals surface area (Å²) in [4.78, 5) is 12.6. The van der Waals surface area contributed by atoms with Gasteiger partial charge in [0.15, 0.2) is 0 Å². The van der Waals surface area contributed by atoms with Gasteiger partial charge in [-0.1, -0.05) is 28.1 Å². The molecule has 1 amide bonds. The van der Waals surface area contributed by atoms with Gasteiger partial charge >= 0.3 is 0 Å². The van der Waals surface area contributed by atoms with Crippen molar-refractivity contribution in [3.05, 3.63) is 64.1 Å². The molecule has 2 atom stereocenters.